The number of aromatic nitrogens is 1. The first-order valence-corrected chi connectivity index (χ1v) is 12.3. The number of carbonyl (C=O) groups is 2. The third-order valence-corrected chi connectivity index (χ3v) is 6.31. The first kappa shape index (κ1) is 25.8. The molecule has 0 aliphatic rings. The lowest BCUT2D eigenvalue weighted by atomic mass is 10.0. The van der Waals surface area contributed by atoms with Crippen LogP contribution in [0.15, 0.2) is 85.1 Å². The van der Waals surface area contributed by atoms with Gasteiger partial charge in [0.25, 0.3) is 5.91 Å². The van der Waals surface area contributed by atoms with Crippen molar-refractivity contribution < 1.29 is 9.59 Å². The number of anilines is 1. The number of para-hydroxylation sites is 2. The highest BCUT2D eigenvalue weighted by Crippen LogP contribution is 2.27. The lowest BCUT2D eigenvalue weighted by Crippen LogP contribution is -2.44. The van der Waals surface area contributed by atoms with Crippen LogP contribution >= 0.6 is 11.6 Å². The van der Waals surface area contributed by atoms with Gasteiger partial charge in [0.15, 0.2) is 5.96 Å². The van der Waals surface area contributed by atoms with Crippen molar-refractivity contribution in [3.8, 4) is 0 Å². The predicted molar refractivity (Wildman–Crippen MR) is 148 cm³/mol. The average Bonchev–Trinajstić information content (AvgIpc) is 3.30. The molecule has 37 heavy (non-hydrogen) atoms. The molecule has 3 aromatic carbocycles. The van der Waals surface area contributed by atoms with E-state index in [0.717, 1.165) is 16.5 Å². The number of H-pyrrole nitrogens is 1. The Kier molecular flexibility index (Phi) is 8.43. The van der Waals surface area contributed by atoms with Crippen molar-refractivity contribution in [1.82, 2.24) is 15.2 Å². The standard InChI is InChI=1S/C28H29ClN6O2/c29-21-12-10-19(11-13-21)26(27(37)34-22-6-2-1-3-7-22)35(25(36)14-16-32-28(30)31)17-15-20-18-33-24-9-5-4-8-23(20)24/h1-13,18,26,33H,14-17H2,(H,34,37)(H4,30,31,32). The monoisotopic (exact) mass is 516 g/mol. The molecule has 1 heterocycles. The fourth-order valence-corrected chi connectivity index (χ4v) is 4.40. The van der Waals surface area contributed by atoms with Crippen molar-refractivity contribution in [2.24, 2.45) is 5.73 Å². The highest BCUT2D eigenvalue weighted by molar-refractivity contribution is 6.30. The lowest BCUT2D eigenvalue weighted by Gasteiger charge is -2.32. The van der Waals surface area contributed by atoms with Crippen LogP contribution in [-0.2, 0) is 16.0 Å². The van der Waals surface area contributed by atoms with Crippen LogP contribution in [0.4, 0.5) is 5.69 Å². The number of hydrogen-bond acceptors (Lipinski definition) is 3. The Morgan fingerprint density at radius 1 is 1.00 bits per heavy atom. The minimum atomic E-state index is -0.896. The summed E-state index contributed by atoms with van der Waals surface area (Å²) in [5, 5.41) is 14.6. The zero-order valence-electron chi connectivity index (χ0n) is 20.2. The van der Waals surface area contributed by atoms with E-state index in [0.29, 0.717) is 29.2 Å². The van der Waals surface area contributed by atoms with Crippen molar-refractivity contribution in [3.05, 3.63) is 101 Å². The molecule has 4 rings (SSSR count). The molecule has 0 fully saturated rings. The summed E-state index contributed by atoms with van der Waals surface area (Å²) in [5.74, 6) is -0.786. The number of fused-ring (bicyclic) bond motifs is 1. The van der Waals surface area contributed by atoms with Crippen LogP contribution < -0.4 is 16.4 Å². The van der Waals surface area contributed by atoms with Crippen molar-refractivity contribution in [3.63, 3.8) is 0 Å². The molecule has 0 radical (unpaired) electrons. The summed E-state index contributed by atoms with van der Waals surface area (Å²) in [4.78, 5) is 32.1. The van der Waals surface area contributed by atoms with E-state index in [1.54, 1.807) is 41.3 Å². The summed E-state index contributed by atoms with van der Waals surface area (Å²) in [6, 6.07) is 23.1. The average molecular weight is 517 g/mol. The Hall–Kier alpha value is -4.30. The summed E-state index contributed by atoms with van der Waals surface area (Å²) in [7, 11) is 0. The molecule has 1 atom stereocenters. The van der Waals surface area contributed by atoms with Gasteiger partial charge in [0.2, 0.25) is 5.91 Å². The number of amides is 2. The second-order valence-corrected chi connectivity index (χ2v) is 9.03. The number of carbonyl (C=O) groups excluding carboxylic acids is 2. The number of benzene rings is 3. The molecule has 1 unspecified atom stereocenters. The summed E-state index contributed by atoms with van der Waals surface area (Å²) >= 11 is 6.13. The maximum atomic E-state index is 13.7. The van der Waals surface area contributed by atoms with Gasteiger partial charge in [0.05, 0.1) is 0 Å². The van der Waals surface area contributed by atoms with Gasteiger partial charge >= 0.3 is 0 Å². The zero-order valence-corrected chi connectivity index (χ0v) is 21.0. The summed E-state index contributed by atoms with van der Waals surface area (Å²) in [6.07, 6.45) is 2.54. The number of nitrogens with zero attached hydrogens (tertiary/aromatic N) is 1. The van der Waals surface area contributed by atoms with E-state index < -0.39 is 6.04 Å². The normalized spacial score (nSPS) is 11.6. The molecule has 0 aliphatic heterocycles. The van der Waals surface area contributed by atoms with Crippen LogP contribution in [0.3, 0.4) is 0 Å². The van der Waals surface area contributed by atoms with Gasteiger partial charge in [-0.3, -0.25) is 15.0 Å². The minimum Gasteiger partial charge on any atom is -0.370 e. The summed E-state index contributed by atoms with van der Waals surface area (Å²) < 4.78 is 0. The number of nitrogens with two attached hydrogens (primary N) is 1. The molecular weight excluding hydrogens is 488 g/mol. The number of halogens is 1. The Morgan fingerprint density at radius 3 is 2.43 bits per heavy atom. The van der Waals surface area contributed by atoms with Gasteiger partial charge in [-0.1, -0.05) is 60.1 Å². The molecule has 1 aromatic heterocycles. The Morgan fingerprint density at radius 2 is 1.70 bits per heavy atom. The quantitative estimate of drug-likeness (QED) is 0.158. The Bertz CT molecular complexity index is 1370. The molecule has 2 amide bonds. The molecule has 4 aromatic rings. The SMILES string of the molecule is N=C(N)NCCC(=O)N(CCc1c[nH]c2ccccc12)C(C(=O)Nc1ccccc1)c1ccc(Cl)cc1. The maximum absolute atomic E-state index is 13.7. The molecule has 9 heteroatoms. The second kappa shape index (κ2) is 12.1. The van der Waals surface area contributed by atoms with Crippen molar-refractivity contribution >= 4 is 46.0 Å². The molecule has 0 saturated carbocycles. The van der Waals surface area contributed by atoms with E-state index in [-0.39, 0.29) is 30.7 Å². The fourth-order valence-electron chi connectivity index (χ4n) is 4.27. The molecule has 8 nitrogen and oxygen atoms in total. The van der Waals surface area contributed by atoms with Gasteiger partial charge in [0, 0.05) is 47.3 Å². The van der Waals surface area contributed by atoms with Gasteiger partial charge in [-0.2, -0.15) is 0 Å². The van der Waals surface area contributed by atoms with Gasteiger partial charge in [-0.05, 0) is 47.9 Å². The molecule has 0 saturated heterocycles. The first-order valence-electron chi connectivity index (χ1n) is 12.0. The number of hydrogen-bond donors (Lipinski definition) is 5. The van der Waals surface area contributed by atoms with Gasteiger partial charge in [-0.15, -0.1) is 0 Å². The fraction of sp³-hybridized carbons (Fsp3) is 0.179. The maximum Gasteiger partial charge on any atom is 0.251 e. The van der Waals surface area contributed by atoms with Crippen molar-refractivity contribution in [2.75, 3.05) is 18.4 Å². The molecule has 6 N–H and O–H groups in total. The zero-order chi connectivity index (χ0) is 26.2. The van der Waals surface area contributed by atoms with E-state index in [4.69, 9.17) is 22.7 Å². The van der Waals surface area contributed by atoms with Crippen LogP contribution in [0.25, 0.3) is 10.9 Å². The third-order valence-electron chi connectivity index (χ3n) is 6.06. The predicted octanol–water partition coefficient (Wildman–Crippen LogP) is 4.45. The van der Waals surface area contributed by atoms with Crippen LogP contribution in [0.2, 0.25) is 5.02 Å². The number of aromatic amines is 1. The Balaban J connectivity index is 1.66. The summed E-state index contributed by atoms with van der Waals surface area (Å²) in [5.41, 5.74) is 8.73. The topological polar surface area (TPSA) is 127 Å². The highest BCUT2D eigenvalue weighted by Gasteiger charge is 2.31. The van der Waals surface area contributed by atoms with E-state index in [2.05, 4.69) is 15.6 Å². The molecular formula is C28H29ClN6O2. The van der Waals surface area contributed by atoms with E-state index in [1.807, 2.05) is 48.7 Å². The van der Waals surface area contributed by atoms with Gasteiger partial charge in [-0.25, -0.2) is 0 Å². The van der Waals surface area contributed by atoms with Crippen LogP contribution in [0.1, 0.15) is 23.6 Å². The van der Waals surface area contributed by atoms with Crippen LogP contribution in [0.5, 0.6) is 0 Å². The first-order chi connectivity index (χ1) is 17.9. The number of rotatable bonds is 10. The Labute approximate surface area is 220 Å². The second-order valence-electron chi connectivity index (χ2n) is 8.60. The largest absolute Gasteiger partial charge is 0.370 e. The lowest BCUT2D eigenvalue weighted by molar-refractivity contribution is -0.138. The van der Waals surface area contributed by atoms with Crippen molar-refractivity contribution in [2.45, 2.75) is 18.9 Å². The number of nitrogens with one attached hydrogen (secondary N) is 4. The van der Waals surface area contributed by atoms with Gasteiger partial charge in [0.1, 0.15) is 6.04 Å². The smallest absolute Gasteiger partial charge is 0.251 e. The van der Waals surface area contributed by atoms with Gasteiger partial charge < -0.3 is 26.3 Å². The van der Waals surface area contributed by atoms with E-state index in [9.17, 15) is 9.59 Å². The molecule has 190 valence electrons. The minimum absolute atomic E-state index is 0.0656. The third kappa shape index (κ3) is 6.68. The van der Waals surface area contributed by atoms with E-state index in [1.165, 1.54) is 0 Å². The van der Waals surface area contributed by atoms with E-state index >= 15 is 0 Å². The summed E-state index contributed by atoms with van der Waals surface area (Å²) in [6.45, 7) is 0.488. The number of guanidine groups is 1. The van der Waals surface area contributed by atoms with Crippen LogP contribution in [-0.4, -0.2) is 40.7 Å². The van der Waals surface area contributed by atoms with Crippen molar-refractivity contribution in [1.29, 1.82) is 5.41 Å². The molecule has 0 aliphatic carbocycles. The molecule has 0 spiro atoms. The van der Waals surface area contributed by atoms with Crippen LogP contribution in [0, 0.1) is 5.41 Å². The molecule has 0 bridgehead atoms. The highest BCUT2D eigenvalue weighted by atomic mass is 35.5.